The van der Waals surface area contributed by atoms with Crippen LogP contribution in [-0.4, -0.2) is 42.4 Å². The number of fused-ring (bicyclic) bond motifs is 8. The van der Waals surface area contributed by atoms with E-state index in [-0.39, 0.29) is 13.4 Å². The van der Waals surface area contributed by atoms with Crippen LogP contribution >= 0.6 is 0 Å². The normalized spacial score (nSPS) is 16.1. The number of benzene rings is 4. The van der Waals surface area contributed by atoms with Crippen LogP contribution in [0.2, 0.25) is 0 Å². The van der Waals surface area contributed by atoms with Gasteiger partial charge in [-0.05, 0) is 85.8 Å². The maximum Gasteiger partial charge on any atom is 0.337 e. The highest BCUT2D eigenvalue weighted by atomic mass is 16.5. The molecule has 0 spiro atoms. The van der Waals surface area contributed by atoms with Crippen molar-refractivity contribution in [2.45, 2.75) is 122 Å². The summed E-state index contributed by atoms with van der Waals surface area (Å²) < 4.78 is 14.3. The molecule has 334 valence electrons. The summed E-state index contributed by atoms with van der Waals surface area (Å²) >= 11 is 0. The van der Waals surface area contributed by atoms with Crippen molar-refractivity contribution in [2.75, 3.05) is 7.11 Å². The van der Waals surface area contributed by atoms with E-state index in [2.05, 4.69) is 66.8 Å². The van der Waals surface area contributed by atoms with Gasteiger partial charge in [0.25, 0.3) is 0 Å². The number of hydrogen-bond donors (Lipinski definition) is 1. The fourth-order valence-corrected chi connectivity index (χ4v) is 12.2. The number of carbonyl (C=O) groups excluding carboxylic acids is 1. The van der Waals surface area contributed by atoms with Gasteiger partial charge in [-0.25, -0.2) is 9.59 Å². The minimum atomic E-state index is -0.887. The molecule has 0 saturated heterocycles. The van der Waals surface area contributed by atoms with Crippen LogP contribution in [0.1, 0.15) is 139 Å². The lowest BCUT2D eigenvalue weighted by atomic mass is 9.81. The molecule has 0 amide bonds. The fourth-order valence-electron chi connectivity index (χ4n) is 12.2. The van der Waals surface area contributed by atoms with Crippen molar-refractivity contribution in [3.63, 3.8) is 0 Å². The minimum Gasteiger partial charge on any atom is -0.478 e. The summed E-state index contributed by atoms with van der Waals surface area (Å²) in [6.45, 7) is 3.41. The van der Waals surface area contributed by atoms with Gasteiger partial charge in [-0.3, -0.25) is 0 Å². The van der Waals surface area contributed by atoms with Gasteiger partial charge < -0.3 is 28.1 Å². The summed E-state index contributed by atoms with van der Waals surface area (Å²) in [6, 6.07) is 29.1. The van der Waals surface area contributed by atoms with Crippen LogP contribution in [0.4, 0.5) is 0 Å². The standard InChI is InChI=1S/C28H27N3O2.C27H25N3O2.CH4/c1-33-28(32)19-11-12-22-24(15-19)31-14-6-13-30-17-20(16-29)21-9-5-10-23(26(21)30)27(31)25(22)18-7-3-2-4-8-18;28-15-19-16-29-12-5-13-30-23-14-18(27(31)32)10-11-21(23)24(17-6-2-1-3-7-17)26(30)22-9-4-8-20(19)25(22)29;/h5,9-12,15,17-18H,2-4,6-8,13-14H2,1H3;4,8-11,14,16-17H,1-3,5-7,12-13H2,(H,31,32);1H4. The second kappa shape index (κ2) is 17.4. The molecule has 66 heavy (non-hydrogen) atoms. The molecule has 4 aromatic carbocycles. The average Bonchev–Trinajstić information content (AvgIpc) is 4.08. The number of nitrogens with zero attached hydrogens (tertiary/aromatic N) is 6. The molecular weight excluding hydrogens is 821 g/mol. The lowest BCUT2D eigenvalue weighted by molar-refractivity contribution is 0.0600. The highest BCUT2D eigenvalue weighted by Crippen LogP contribution is 2.49. The van der Waals surface area contributed by atoms with Gasteiger partial charge in [0.2, 0.25) is 0 Å². The molecular formula is C56H56N6O4. The van der Waals surface area contributed by atoms with Crippen LogP contribution in [0.15, 0.2) is 85.2 Å². The molecule has 0 bridgehead atoms. The predicted octanol–water partition coefficient (Wildman–Crippen LogP) is 13.3. The quantitative estimate of drug-likeness (QED) is 0.175. The van der Waals surface area contributed by atoms with E-state index in [9.17, 15) is 25.2 Å². The van der Waals surface area contributed by atoms with E-state index in [1.165, 1.54) is 110 Å². The first-order valence-corrected chi connectivity index (χ1v) is 23.6. The smallest absolute Gasteiger partial charge is 0.337 e. The molecule has 10 nitrogen and oxygen atoms in total. The summed E-state index contributed by atoms with van der Waals surface area (Å²) in [5.74, 6) is -0.198. The van der Waals surface area contributed by atoms with Crippen LogP contribution in [0.3, 0.4) is 0 Å². The van der Waals surface area contributed by atoms with Crippen LogP contribution in [0.25, 0.3) is 66.1 Å². The third-order valence-electron chi connectivity index (χ3n) is 15.0. The van der Waals surface area contributed by atoms with Gasteiger partial charge in [0.1, 0.15) is 12.1 Å². The van der Waals surface area contributed by atoms with Crippen molar-refractivity contribution in [1.29, 1.82) is 10.5 Å². The number of aromatic nitrogens is 4. The van der Waals surface area contributed by atoms with Crippen molar-refractivity contribution in [2.24, 2.45) is 0 Å². The Bertz CT molecular complexity index is 3310. The highest BCUT2D eigenvalue weighted by Gasteiger charge is 2.32. The zero-order chi connectivity index (χ0) is 44.3. The van der Waals surface area contributed by atoms with Gasteiger partial charge in [-0.2, -0.15) is 10.5 Å². The van der Waals surface area contributed by atoms with Crippen molar-refractivity contribution < 1.29 is 19.4 Å². The monoisotopic (exact) mass is 876 g/mol. The summed E-state index contributed by atoms with van der Waals surface area (Å²) in [5, 5.41) is 33.6. The average molecular weight is 877 g/mol. The molecule has 2 aliphatic carbocycles. The number of carboxylic acids is 1. The Labute approximate surface area is 385 Å². The number of aromatic carboxylic acids is 1. The fraction of sp³-hybridized carbons (Fsp3) is 0.357. The summed E-state index contributed by atoms with van der Waals surface area (Å²) in [6.07, 6.45) is 18.2. The third-order valence-corrected chi connectivity index (χ3v) is 15.0. The zero-order valence-corrected chi connectivity index (χ0v) is 36.9. The van der Waals surface area contributed by atoms with E-state index in [0.717, 1.165) is 88.6 Å². The number of esters is 1. The van der Waals surface area contributed by atoms with E-state index in [1.54, 1.807) is 6.07 Å². The number of hydrogen-bond acceptors (Lipinski definition) is 5. The molecule has 4 aromatic heterocycles. The summed E-state index contributed by atoms with van der Waals surface area (Å²) in [5.41, 5.74) is 14.5. The maximum atomic E-state index is 12.3. The lowest BCUT2D eigenvalue weighted by Gasteiger charge is -2.25. The lowest BCUT2D eigenvalue weighted by Crippen LogP contribution is -2.11. The molecule has 0 radical (unpaired) electrons. The molecule has 2 aliphatic heterocycles. The summed E-state index contributed by atoms with van der Waals surface area (Å²) in [7, 11) is 1.43. The molecule has 0 atom stereocenters. The Morgan fingerprint density at radius 1 is 0.591 bits per heavy atom. The van der Waals surface area contributed by atoms with E-state index in [1.807, 2.05) is 42.7 Å². The predicted molar refractivity (Wildman–Crippen MR) is 261 cm³/mol. The van der Waals surface area contributed by atoms with Gasteiger partial charge in [0, 0.05) is 82.3 Å². The van der Waals surface area contributed by atoms with Gasteiger partial charge in [-0.1, -0.05) is 94.5 Å². The van der Waals surface area contributed by atoms with Gasteiger partial charge in [0.05, 0.1) is 51.8 Å². The van der Waals surface area contributed by atoms with Crippen molar-refractivity contribution in [1.82, 2.24) is 18.3 Å². The first-order chi connectivity index (χ1) is 31.9. The number of rotatable bonds is 4. The Balaban J connectivity index is 0.000000153. The van der Waals surface area contributed by atoms with Crippen molar-refractivity contribution >= 4 is 55.6 Å². The van der Waals surface area contributed by atoms with E-state index < -0.39 is 5.97 Å². The first-order valence-electron chi connectivity index (χ1n) is 23.6. The van der Waals surface area contributed by atoms with E-state index in [4.69, 9.17) is 4.74 Å². The van der Waals surface area contributed by atoms with Crippen LogP contribution < -0.4 is 0 Å². The third kappa shape index (κ3) is 6.88. The molecule has 10 heteroatoms. The Morgan fingerprint density at radius 2 is 1.05 bits per heavy atom. The molecule has 1 N–H and O–H groups in total. The Hall–Kier alpha value is -7.04. The van der Waals surface area contributed by atoms with Crippen molar-refractivity contribution in [3.8, 4) is 34.7 Å². The SMILES string of the molecule is C.COC(=O)c1ccc2c(C3CCCCC3)c3n(c2c1)CCCn1cc(C#N)c2cccc-3c21.N#Cc1cn2c3c(cccc13)-c1c(C3CCCCC3)c3ccc(C(=O)O)cc3n1CCC2. The number of carbonyl (C=O) groups is 2. The molecule has 4 aliphatic rings. The highest BCUT2D eigenvalue weighted by molar-refractivity contribution is 6.05. The second-order valence-electron chi connectivity index (χ2n) is 18.6. The first kappa shape index (κ1) is 42.9. The summed E-state index contributed by atoms with van der Waals surface area (Å²) in [4.78, 5) is 24.1. The minimum absolute atomic E-state index is 0. The van der Waals surface area contributed by atoms with Crippen LogP contribution in [0.5, 0.6) is 0 Å². The number of para-hydroxylation sites is 2. The maximum absolute atomic E-state index is 12.3. The largest absolute Gasteiger partial charge is 0.478 e. The van der Waals surface area contributed by atoms with Crippen LogP contribution in [0, 0.1) is 22.7 Å². The second-order valence-corrected chi connectivity index (χ2v) is 18.6. The van der Waals surface area contributed by atoms with Gasteiger partial charge in [-0.15, -0.1) is 0 Å². The molecule has 2 fully saturated rings. The van der Waals surface area contributed by atoms with Crippen molar-refractivity contribution in [3.05, 3.63) is 119 Å². The molecule has 6 heterocycles. The topological polar surface area (TPSA) is 131 Å². The van der Waals surface area contributed by atoms with E-state index in [0.29, 0.717) is 23.0 Å². The molecule has 2 saturated carbocycles. The number of methoxy groups -OCH3 is 1. The molecule has 12 rings (SSSR count). The number of aryl methyl sites for hydroxylation is 4. The Morgan fingerprint density at radius 3 is 1.48 bits per heavy atom. The zero-order valence-electron chi connectivity index (χ0n) is 36.9. The number of ether oxygens (including phenoxy) is 1. The van der Waals surface area contributed by atoms with Gasteiger partial charge >= 0.3 is 11.9 Å². The molecule has 8 aromatic rings. The van der Waals surface area contributed by atoms with Crippen LogP contribution in [-0.2, 0) is 30.9 Å². The Kier molecular flexibility index (Phi) is 11.3. The van der Waals surface area contributed by atoms with E-state index >= 15 is 0 Å². The molecule has 0 unspecified atom stereocenters. The number of nitriles is 2. The number of carboxylic acid groups (broad SMARTS) is 1. The van der Waals surface area contributed by atoms with Gasteiger partial charge in [0.15, 0.2) is 0 Å².